The average molecular weight is 249 g/mol. The second kappa shape index (κ2) is 4.78. The summed E-state index contributed by atoms with van der Waals surface area (Å²) in [5.41, 5.74) is -0.798. The lowest BCUT2D eigenvalue weighted by molar-refractivity contribution is -0.683. The van der Waals surface area contributed by atoms with Crippen LogP contribution in [0.1, 0.15) is 32.4 Å². The quantitative estimate of drug-likeness (QED) is 0.801. The number of aromatic amines is 1. The smallest absolute Gasteiger partial charge is 0.379 e. The van der Waals surface area contributed by atoms with Gasteiger partial charge in [-0.25, -0.2) is 4.79 Å². The molecule has 0 aliphatic heterocycles. The van der Waals surface area contributed by atoms with Gasteiger partial charge in [0, 0.05) is 12.1 Å². The Morgan fingerprint density at radius 1 is 1.39 bits per heavy atom. The van der Waals surface area contributed by atoms with Crippen LogP contribution in [0.3, 0.4) is 0 Å². The highest BCUT2D eigenvalue weighted by Crippen LogP contribution is 2.21. The molecule has 0 bridgehead atoms. The number of benzene rings is 1. The monoisotopic (exact) mass is 249 g/mol. The maximum Gasteiger partial charge on any atom is 0.433 e. The lowest BCUT2D eigenvalue weighted by atomic mass is 9.97. The zero-order chi connectivity index (χ0) is 13.2. The predicted octanol–water partition coefficient (Wildman–Crippen LogP) is 1.25. The number of aliphatic hydroxyl groups is 1. The van der Waals surface area contributed by atoms with Crippen LogP contribution in [0.4, 0.5) is 0 Å². The van der Waals surface area contributed by atoms with E-state index in [0.717, 1.165) is 12.1 Å². The topological polar surface area (TPSA) is 70.1 Å². The van der Waals surface area contributed by atoms with E-state index in [9.17, 15) is 9.90 Å². The standard InChI is InChI=1S/C13H16N2O3/c1-3-9-13(2,17)11-12(16)18-14-15(11)10-7-5-4-6-8-10/h4-8,17H,3,9H2,1-2H3/p+1. The fourth-order valence-corrected chi connectivity index (χ4v) is 2.10. The summed E-state index contributed by atoms with van der Waals surface area (Å²) in [6.45, 7) is 3.58. The van der Waals surface area contributed by atoms with Crippen molar-refractivity contribution in [3.63, 3.8) is 0 Å². The Balaban J connectivity index is 2.56. The average Bonchev–Trinajstić information content (AvgIpc) is 2.73. The fraction of sp³-hybridized carbons (Fsp3) is 0.385. The number of para-hydroxylation sites is 1. The van der Waals surface area contributed by atoms with E-state index < -0.39 is 11.2 Å². The van der Waals surface area contributed by atoms with Crippen LogP contribution in [0, 0.1) is 0 Å². The van der Waals surface area contributed by atoms with E-state index in [-0.39, 0.29) is 5.69 Å². The van der Waals surface area contributed by atoms with Crippen molar-refractivity contribution in [2.45, 2.75) is 32.3 Å². The molecule has 1 aromatic carbocycles. The third-order valence-corrected chi connectivity index (χ3v) is 2.91. The molecular weight excluding hydrogens is 232 g/mol. The van der Waals surface area contributed by atoms with Gasteiger partial charge in [0.1, 0.15) is 0 Å². The minimum atomic E-state index is -1.22. The highest BCUT2D eigenvalue weighted by atomic mass is 16.5. The first-order valence-corrected chi connectivity index (χ1v) is 5.98. The molecule has 1 heterocycles. The molecule has 0 radical (unpaired) electrons. The molecule has 1 unspecified atom stereocenters. The maximum absolute atomic E-state index is 11.8. The zero-order valence-corrected chi connectivity index (χ0v) is 10.5. The largest absolute Gasteiger partial charge is 0.433 e. The summed E-state index contributed by atoms with van der Waals surface area (Å²) >= 11 is 0. The molecule has 0 aliphatic carbocycles. The molecule has 2 aromatic rings. The van der Waals surface area contributed by atoms with Crippen LogP contribution in [-0.2, 0) is 5.60 Å². The summed E-state index contributed by atoms with van der Waals surface area (Å²) in [5.74, 6) is 0. The van der Waals surface area contributed by atoms with Gasteiger partial charge in [-0.2, -0.15) is 0 Å². The Labute approximate surface area is 105 Å². The molecule has 0 fully saturated rings. The van der Waals surface area contributed by atoms with E-state index in [2.05, 4.69) is 5.27 Å². The van der Waals surface area contributed by atoms with Crippen LogP contribution < -0.4 is 10.3 Å². The van der Waals surface area contributed by atoms with Gasteiger partial charge in [0.25, 0.3) is 0 Å². The van der Waals surface area contributed by atoms with E-state index in [1.54, 1.807) is 6.92 Å². The van der Waals surface area contributed by atoms with Gasteiger partial charge in [-0.05, 0) is 23.3 Å². The molecule has 1 aromatic heterocycles. The maximum atomic E-state index is 11.8. The number of nitrogens with one attached hydrogen (secondary N) is 1. The van der Waals surface area contributed by atoms with E-state index >= 15 is 0 Å². The molecule has 0 saturated heterocycles. The Hall–Kier alpha value is -1.88. The van der Waals surface area contributed by atoms with Gasteiger partial charge >= 0.3 is 11.3 Å². The number of H-pyrrole nitrogens is 1. The second-order valence-corrected chi connectivity index (χ2v) is 4.52. The van der Waals surface area contributed by atoms with Crippen LogP contribution in [0.2, 0.25) is 0 Å². The van der Waals surface area contributed by atoms with E-state index in [1.807, 2.05) is 37.3 Å². The summed E-state index contributed by atoms with van der Waals surface area (Å²) in [6, 6.07) is 9.25. The molecule has 5 nitrogen and oxygen atoms in total. The van der Waals surface area contributed by atoms with Crippen LogP contribution in [0.25, 0.3) is 5.69 Å². The summed E-state index contributed by atoms with van der Waals surface area (Å²) in [6.07, 6.45) is 1.26. The molecule has 2 N–H and O–H groups in total. The van der Waals surface area contributed by atoms with E-state index in [1.165, 1.54) is 4.68 Å². The van der Waals surface area contributed by atoms with E-state index in [4.69, 9.17) is 4.52 Å². The van der Waals surface area contributed by atoms with Gasteiger partial charge in [-0.1, -0.05) is 31.5 Å². The highest BCUT2D eigenvalue weighted by molar-refractivity contribution is 5.21. The lowest BCUT2D eigenvalue weighted by Gasteiger charge is -2.15. The molecule has 0 saturated carbocycles. The minimum Gasteiger partial charge on any atom is -0.379 e. The van der Waals surface area contributed by atoms with Gasteiger partial charge < -0.3 is 5.11 Å². The van der Waals surface area contributed by atoms with Crippen molar-refractivity contribution < 1.29 is 14.3 Å². The summed E-state index contributed by atoms with van der Waals surface area (Å²) < 4.78 is 6.29. The van der Waals surface area contributed by atoms with E-state index in [0.29, 0.717) is 6.42 Å². The van der Waals surface area contributed by atoms with Crippen molar-refractivity contribution in [2.24, 2.45) is 0 Å². The molecular formula is C13H17N2O3+. The molecule has 96 valence electrons. The first-order valence-electron chi connectivity index (χ1n) is 5.98. The minimum absolute atomic E-state index is 0.218. The van der Waals surface area contributed by atoms with Crippen LogP contribution in [0.5, 0.6) is 0 Å². The van der Waals surface area contributed by atoms with Crippen molar-refractivity contribution >= 4 is 0 Å². The van der Waals surface area contributed by atoms with Crippen LogP contribution in [-0.4, -0.2) is 10.4 Å². The zero-order valence-electron chi connectivity index (χ0n) is 10.5. The third kappa shape index (κ3) is 2.22. The molecule has 18 heavy (non-hydrogen) atoms. The fourth-order valence-electron chi connectivity index (χ4n) is 2.10. The molecule has 1 atom stereocenters. The number of nitrogens with zero attached hydrogens (tertiary/aromatic N) is 1. The van der Waals surface area contributed by atoms with Crippen LogP contribution in [0.15, 0.2) is 39.6 Å². The van der Waals surface area contributed by atoms with Gasteiger partial charge in [0.05, 0.1) is 0 Å². The number of hydrogen-bond acceptors (Lipinski definition) is 3. The molecule has 2 rings (SSSR count). The SMILES string of the molecule is CCCC(C)(O)c1c(=O)o[nH][n+]1-c1ccccc1. The van der Waals surface area contributed by atoms with Crippen molar-refractivity contribution in [1.82, 2.24) is 5.27 Å². The summed E-state index contributed by atoms with van der Waals surface area (Å²) in [7, 11) is 0. The summed E-state index contributed by atoms with van der Waals surface area (Å²) in [5, 5.41) is 12.9. The van der Waals surface area contributed by atoms with Gasteiger partial charge in [-0.15, -0.1) is 0 Å². The third-order valence-electron chi connectivity index (χ3n) is 2.91. The highest BCUT2D eigenvalue weighted by Gasteiger charge is 2.39. The Bertz CT molecular complexity index is 569. The Kier molecular flexibility index (Phi) is 3.34. The molecule has 5 heteroatoms. The van der Waals surface area contributed by atoms with Gasteiger partial charge in [0.15, 0.2) is 5.60 Å². The van der Waals surface area contributed by atoms with Crippen molar-refractivity contribution in [1.29, 1.82) is 0 Å². The number of aromatic nitrogens is 2. The predicted molar refractivity (Wildman–Crippen MR) is 65.3 cm³/mol. The molecule has 0 aliphatic rings. The van der Waals surface area contributed by atoms with Crippen molar-refractivity contribution in [3.8, 4) is 5.69 Å². The second-order valence-electron chi connectivity index (χ2n) is 4.52. The van der Waals surface area contributed by atoms with Crippen LogP contribution >= 0.6 is 0 Å². The molecule has 0 spiro atoms. The normalized spacial score (nSPS) is 14.4. The number of rotatable bonds is 4. The summed E-state index contributed by atoms with van der Waals surface area (Å²) in [4.78, 5) is 11.8. The first kappa shape index (κ1) is 12.6. The van der Waals surface area contributed by atoms with Gasteiger partial charge in [0.2, 0.25) is 5.69 Å². The van der Waals surface area contributed by atoms with Crippen molar-refractivity contribution in [3.05, 3.63) is 46.4 Å². The Morgan fingerprint density at radius 3 is 2.67 bits per heavy atom. The molecule has 0 amide bonds. The lowest BCUT2D eigenvalue weighted by Crippen LogP contribution is -2.46. The Morgan fingerprint density at radius 2 is 2.06 bits per heavy atom. The number of hydrogen-bond donors (Lipinski definition) is 2. The van der Waals surface area contributed by atoms with Crippen molar-refractivity contribution in [2.75, 3.05) is 0 Å². The van der Waals surface area contributed by atoms with Gasteiger partial charge in [-0.3, -0.25) is 4.52 Å². The first-order chi connectivity index (χ1) is 8.56.